The molecular weight excluding hydrogens is 555 g/mol. The Morgan fingerprint density at radius 1 is 1.20 bits per heavy atom. The van der Waals surface area contributed by atoms with Crippen LogP contribution in [-0.2, 0) is 11.0 Å². The van der Waals surface area contributed by atoms with E-state index in [1.165, 1.54) is 30.7 Å². The fraction of sp³-hybridized carbons (Fsp3) is 0.393. The summed E-state index contributed by atoms with van der Waals surface area (Å²) in [5, 5.41) is 6.29. The standard InChI is InChI=1S/C28H30F3N7O2S/c1-16(2)14-38-11-5-6-18(38)13-32-26-19(9-10-23(36-26)28(29,30)31)20-12-24(34-15-33-20)40-21-7-4-8-22-25(21)37-27(41-22)35-17(3)39/h4,7-10,12,15-16,18H,5-6,11,13-14H2,1-3H3,(H,32,36)(H,35,37,39). The molecule has 41 heavy (non-hydrogen) atoms. The number of hydrogen-bond donors (Lipinski definition) is 2. The molecule has 1 fully saturated rings. The van der Waals surface area contributed by atoms with E-state index >= 15 is 0 Å². The number of hydrogen-bond acceptors (Lipinski definition) is 9. The highest BCUT2D eigenvalue weighted by Gasteiger charge is 2.33. The van der Waals surface area contributed by atoms with Crippen LogP contribution in [0.25, 0.3) is 21.5 Å². The number of para-hydroxylation sites is 1. The van der Waals surface area contributed by atoms with Gasteiger partial charge in [-0.25, -0.2) is 19.9 Å². The van der Waals surface area contributed by atoms with Crippen LogP contribution in [0.2, 0.25) is 0 Å². The number of pyridine rings is 1. The first kappa shape index (κ1) is 28.7. The van der Waals surface area contributed by atoms with Gasteiger partial charge in [-0.15, -0.1) is 0 Å². The summed E-state index contributed by atoms with van der Waals surface area (Å²) < 4.78 is 47.6. The van der Waals surface area contributed by atoms with E-state index in [1.807, 2.05) is 6.07 Å². The summed E-state index contributed by atoms with van der Waals surface area (Å²) in [6, 6.07) is 9.44. The normalized spacial score (nSPS) is 15.9. The molecule has 4 aromatic rings. The minimum atomic E-state index is -4.59. The number of halogens is 3. The molecule has 1 atom stereocenters. The van der Waals surface area contributed by atoms with Gasteiger partial charge in [-0.2, -0.15) is 13.2 Å². The van der Waals surface area contributed by atoms with Crippen molar-refractivity contribution in [3.8, 4) is 22.9 Å². The Morgan fingerprint density at radius 3 is 2.78 bits per heavy atom. The van der Waals surface area contributed by atoms with Gasteiger partial charge in [0.25, 0.3) is 0 Å². The highest BCUT2D eigenvalue weighted by molar-refractivity contribution is 7.22. The molecule has 5 rings (SSSR count). The molecule has 1 aliphatic rings. The molecule has 4 heterocycles. The van der Waals surface area contributed by atoms with Crippen molar-refractivity contribution < 1.29 is 22.7 Å². The minimum absolute atomic E-state index is 0.0995. The number of rotatable bonds is 9. The lowest BCUT2D eigenvalue weighted by atomic mass is 10.1. The smallest absolute Gasteiger partial charge is 0.433 e. The number of thiazole rings is 1. The SMILES string of the molecule is CC(=O)Nc1nc2c(Oc3cc(-c4ccc(C(F)(F)F)nc4NCC4CCCN4CC(C)C)ncn3)cccc2s1. The predicted octanol–water partition coefficient (Wildman–Crippen LogP) is 6.45. The second-order valence-corrected chi connectivity index (χ2v) is 11.3. The third-order valence-corrected chi connectivity index (χ3v) is 7.52. The first-order valence-corrected chi connectivity index (χ1v) is 14.1. The number of nitrogens with one attached hydrogen (secondary N) is 2. The van der Waals surface area contributed by atoms with E-state index in [-0.39, 0.29) is 23.6 Å². The van der Waals surface area contributed by atoms with Gasteiger partial charge in [-0.1, -0.05) is 31.3 Å². The van der Waals surface area contributed by atoms with Gasteiger partial charge in [-0.05, 0) is 49.6 Å². The Hall–Kier alpha value is -3.84. The molecule has 3 aromatic heterocycles. The fourth-order valence-electron chi connectivity index (χ4n) is 4.87. The summed E-state index contributed by atoms with van der Waals surface area (Å²) >= 11 is 1.31. The highest BCUT2D eigenvalue weighted by atomic mass is 32.1. The van der Waals surface area contributed by atoms with Gasteiger partial charge in [0.05, 0.1) is 10.4 Å². The zero-order valence-electron chi connectivity index (χ0n) is 22.8. The van der Waals surface area contributed by atoms with Gasteiger partial charge in [0.2, 0.25) is 11.8 Å². The zero-order valence-corrected chi connectivity index (χ0v) is 23.6. The number of alkyl halides is 3. The van der Waals surface area contributed by atoms with Gasteiger partial charge in [-0.3, -0.25) is 9.69 Å². The van der Waals surface area contributed by atoms with Gasteiger partial charge in [0.15, 0.2) is 10.9 Å². The molecule has 0 aliphatic carbocycles. The topological polar surface area (TPSA) is 105 Å². The number of carbonyl (C=O) groups is 1. The summed E-state index contributed by atoms with van der Waals surface area (Å²) in [6.07, 6.45) is -1.29. The molecule has 0 spiro atoms. The molecule has 0 saturated carbocycles. The number of aromatic nitrogens is 4. The molecule has 1 aromatic carbocycles. The molecular formula is C28H30F3N7O2S. The van der Waals surface area contributed by atoms with Crippen molar-refractivity contribution in [2.45, 2.75) is 45.8 Å². The van der Waals surface area contributed by atoms with Crippen LogP contribution in [0.3, 0.4) is 0 Å². The number of amides is 1. The lowest BCUT2D eigenvalue weighted by Crippen LogP contribution is -2.37. The predicted molar refractivity (Wildman–Crippen MR) is 152 cm³/mol. The molecule has 0 bridgehead atoms. The number of fused-ring (bicyclic) bond motifs is 1. The molecule has 1 unspecified atom stereocenters. The van der Waals surface area contributed by atoms with Crippen LogP contribution in [0.1, 0.15) is 39.3 Å². The number of likely N-dealkylation sites (tertiary alicyclic amines) is 1. The highest BCUT2D eigenvalue weighted by Crippen LogP contribution is 2.36. The Kier molecular flexibility index (Phi) is 8.36. The van der Waals surface area contributed by atoms with E-state index in [9.17, 15) is 18.0 Å². The third-order valence-electron chi connectivity index (χ3n) is 6.59. The van der Waals surface area contributed by atoms with E-state index in [2.05, 4.69) is 49.3 Å². The molecule has 216 valence electrons. The minimum Gasteiger partial charge on any atom is -0.437 e. The molecule has 1 amide bonds. The van der Waals surface area contributed by atoms with Crippen LogP contribution < -0.4 is 15.4 Å². The van der Waals surface area contributed by atoms with E-state index in [0.717, 1.165) is 36.7 Å². The maximum atomic E-state index is 13.6. The van der Waals surface area contributed by atoms with Crippen LogP contribution >= 0.6 is 11.3 Å². The summed E-state index contributed by atoms with van der Waals surface area (Å²) in [6.45, 7) is 8.07. The lowest BCUT2D eigenvalue weighted by Gasteiger charge is -2.27. The summed E-state index contributed by atoms with van der Waals surface area (Å²) in [5.74, 6) is 0.950. The summed E-state index contributed by atoms with van der Waals surface area (Å²) in [5.41, 5.74) is 0.319. The third kappa shape index (κ3) is 6.91. The van der Waals surface area contributed by atoms with Gasteiger partial charge in [0.1, 0.15) is 23.4 Å². The largest absolute Gasteiger partial charge is 0.437 e. The van der Waals surface area contributed by atoms with E-state index in [4.69, 9.17) is 4.74 Å². The quantitative estimate of drug-likeness (QED) is 0.231. The molecule has 0 radical (unpaired) electrons. The van der Waals surface area contributed by atoms with E-state index in [1.54, 1.807) is 18.2 Å². The lowest BCUT2D eigenvalue weighted by molar-refractivity contribution is -0.141. The number of ether oxygens (including phenoxy) is 1. The zero-order chi connectivity index (χ0) is 29.1. The monoisotopic (exact) mass is 585 g/mol. The maximum Gasteiger partial charge on any atom is 0.433 e. The van der Waals surface area contributed by atoms with Crippen molar-refractivity contribution >= 4 is 38.4 Å². The van der Waals surface area contributed by atoms with Crippen LogP contribution in [0.5, 0.6) is 11.6 Å². The van der Waals surface area contributed by atoms with Crippen molar-refractivity contribution in [1.82, 2.24) is 24.8 Å². The second kappa shape index (κ2) is 12.0. The van der Waals surface area contributed by atoms with Crippen LogP contribution in [0, 0.1) is 5.92 Å². The van der Waals surface area contributed by atoms with Crippen molar-refractivity contribution in [2.75, 3.05) is 30.3 Å². The van der Waals surface area contributed by atoms with Crippen molar-refractivity contribution in [3.63, 3.8) is 0 Å². The maximum absolute atomic E-state index is 13.6. The average Bonchev–Trinajstić information content (AvgIpc) is 3.52. The summed E-state index contributed by atoms with van der Waals surface area (Å²) in [4.78, 5) is 30.7. The first-order valence-electron chi connectivity index (χ1n) is 13.3. The second-order valence-electron chi connectivity index (χ2n) is 10.3. The number of nitrogens with zero attached hydrogens (tertiary/aromatic N) is 5. The van der Waals surface area contributed by atoms with Gasteiger partial charge >= 0.3 is 6.18 Å². The molecule has 9 nitrogen and oxygen atoms in total. The fourth-order valence-corrected chi connectivity index (χ4v) is 5.80. The van der Waals surface area contributed by atoms with Crippen molar-refractivity contribution in [3.05, 3.63) is 48.4 Å². The molecule has 13 heteroatoms. The van der Waals surface area contributed by atoms with Crippen molar-refractivity contribution in [1.29, 1.82) is 0 Å². The molecule has 1 saturated heterocycles. The van der Waals surface area contributed by atoms with E-state index < -0.39 is 11.9 Å². The molecule has 2 N–H and O–H groups in total. The summed E-state index contributed by atoms with van der Waals surface area (Å²) in [7, 11) is 0. The Bertz CT molecular complexity index is 1540. The first-order chi connectivity index (χ1) is 19.6. The average molecular weight is 586 g/mol. The van der Waals surface area contributed by atoms with Crippen molar-refractivity contribution in [2.24, 2.45) is 5.92 Å². The van der Waals surface area contributed by atoms with Crippen LogP contribution in [0.4, 0.5) is 24.1 Å². The van der Waals surface area contributed by atoms with Crippen LogP contribution in [0.15, 0.2) is 42.7 Å². The Balaban J connectivity index is 1.43. The van der Waals surface area contributed by atoms with E-state index in [0.29, 0.717) is 40.1 Å². The number of carbonyl (C=O) groups excluding carboxylic acids is 1. The Morgan fingerprint density at radius 2 is 2.02 bits per heavy atom. The molecule has 1 aliphatic heterocycles. The van der Waals surface area contributed by atoms with Crippen LogP contribution in [-0.4, -0.2) is 56.4 Å². The Labute approximate surface area is 239 Å². The van der Waals surface area contributed by atoms with Gasteiger partial charge < -0.3 is 15.4 Å². The number of anilines is 2. The van der Waals surface area contributed by atoms with Gasteiger partial charge in [0, 0.05) is 37.7 Å². The number of benzene rings is 1.